The third-order valence-corrected chi connectivity index (χ3v) is 4.38. The zero-order valence-corrected chi connectivity index (χ0v) is 12.9. The maximum Gasteiger partial charge on any atom is 0.320 e. The van der Waals surface area contributed by atoms with Crippen molar-refractivity contribution in [3.05, 3.63) is 34.9 Å². The lowest BCUT2D eigenvalue weighted by molar-refractivity contribution is -0.142. The number of amides is 2. The third kappa shape index (κ3) is 3.29. The van der Waals surface area contributed by atoms with Crippen LogP contribution in [-0.2, 0) is 11.3 Å². The van der Waals surface area contributed by atoms with Crippen LogP contribution in [0.5, 0.6) is 0 Å². The van der Waals surface area contributed by atoms with Crippen molar-refractivity contribution in [2.75, 3.05) is 13.6 Å². The first kappa shape index (κ1) is 15.6. The molecule has 2 rings (SSSR count). The molecule has 114 valence electrons. The first-order valence-corrected chi connectivity index (χ1v) is 7.27. The number of carbonyl (C=O) groups excluding carboxylic acids is 1. The Hall–Kier alpha value is -1.75. The van der Waals surface area contributed by atoms with E-state index in [9.17, 15) is 9.59 Å². The summed E-state index contributed by atoms with van der Waals surface area (Å²) in [7, 11) is 1.70. The average molecular weight is 311 g/mol. The number of aliphatic carboxylic acids is 1. The number of carboxylic acid groups (broad SMARTS) is 1. The van der Waals surface area contributed by atoms with Gasteiger partial charge in [0.25, 0.3) is 0 Å². The van der Waals surface area contributed by atoms with Crippen LogP contribution in [0, 0.1) is 5.92 Å². The molecule has 1 heterocycles. The predicted octanol–water partition coefficient (Wildman–Crippen LogP) is 2.69. The van der Waals surface area contributed by atoms with Crippen molar-refractivity contribution >= 4 is 23.6 Å². The standard InChI is InChI=1S/C15H19ClN2O3/c1-10-12(14(19)20)7-8-18(10)15(21)17(2)9-11-5-3-4-6-13(11)16/h3-6,10,12H,7-9H2,1-2H3,(H,19,20). The highest BCUT2D eigenvalue weighted by Crippen LogP contribution is 2.26. The summed E-state index contributed by atoms with van der Waals surface area (Å²) in [4.78, 5) is 26.8. The summed E-state index contributed by atoms with van der Waals surface area (Å²) in [5, 5.41) is 9.74. The number of urea groups is 1. The fourth-order valence-electron chi connectivity index (χ4n) is 2.71. The van der Waals surface area contributed by atoms with E-state index in [-0.39, 0.29) is 12.1 Å². The molecule has 0 radical (unpaired) electrons. The van der Waals surface area contributed by atoms with Crippen LogP contribution in [0.25, 0.3) is 0 Å². The molecule has 1 aliphatic rings. The van der Waals surface area contributed by atoms with E-state index in [1.165, 1.54) is 0 Å². The normalized spacial score (nSPS) is 21.4. The van der Waals surface area contributed by atoms with Gasteiger partial charge in [0.2, 0.25) is 0 Å². The molecule has 1 N–H and O–H groups in total. The lowest BCUT2D eigenvalue weighted by atomic mass is 10.0. The summed E-state index contributed by atoms with van der Waals surface area (Å²) in [6.45, 7) is 2.66. The maximum atomic E-state index is 12.5. The van der Waals surface area contributed by atoms with Crippen LogP contribution in [-0.4, -0.2) is 46.5 Å². The molecule has 5 nitrogen and oxygen atoms in total. The predicted molar refractivity (Wildman–Crippen MR) is 80.2 cm³/mol. The molecular weight excluding hydrogens is 292 g/mol. The number of nitrogens with zero attached hydrogens (tertiary/aromatic N) is 2. The molecule has 2 amide bonds. The minimum absolute atomic E-state index is 0.161. The van der Waals surface area contributed by atoms with Gasteiger partial charge in [-0.15, -0.1) is 0 Å². The topological polar surface area (TPSA) is 60.9 Å². The molecule has 2 unspecified atom stereocenters. The second-order valence-electron chi connectivity index (χ2n) is 5.40. The molecule has 1 fully saturated rings. The van der Waals surface area contributed by atoms with Gasteiger partial charge in [-0.2, -0.15) is 0 Å². The number of carboxylic acids is 1. The van der Waals surface area contributed by atoms with E-state index in [2.05, 4.69) is 0 Å². The van der Waals surface area contributed by atoms with Gasteiger partial charge in [-0.05, 0) is 25.0 Å². The Kier molecular flexibility index (Phi) is 4.73. The highest BCUT2D eigenvalue weighted by Gasteiger charge is 2.39. The Balaban J connectivity index is 2.03. The average Bonchev–Trinajstić information content (AvgIpc) is 2.82. The number of carbonyl (C=O) groups is 2. The highest BCUT2D eigenvalue weighted by molar-refractivity contribution is 6.31. The molecule has 1 aromatic rings. The van der Waals surface area contributed by atoms with E-state index in [0.29, 0.717) is 24.5 Å². The van der Waals surface area contributed by atoms with Crippen LogP contribution in [0.3, 0.4) is 0 Å². The number of likely N-dealkylation sites (tertiary alicyclic amines) is 1. The van der Waals surface area contributed by atoms with Gasteiger partial charge in [0.15, 0.2) is 0 Å². The monoisotopic (exact) mass is 310 g/mol. The first-order valence-electron chi connectivity index (χ1n) is 6.89. The van der Waals surface area contributed by atoms with E-state index < -0.39 is 11.9 Å². The fourth-order valence-corrected chi connectivity index (χ4v) is 2.90. The Morgan fingerprint density at radius 2 is 2.10 bits per heavy atom. The number of benzene rings is 1. The van der Waals surface area contributed by atoms with Gasteiger partial charge in [-0.1, -0.05) is 29.8 Å². The van der Waals surface area contributed by atoms with E-state index in [0.717, 1.165) is 5.56 Å². The third-order valence-electron chi connectivity index (χ3n) is 4.01. The van der Waals surface area contributed by atoms with Crippen molar-refractivity contribution in [3.8, 4) is 0 Å². The second kappa shape index (κ2) is 6.35. The summed E-state index contributed by atoms with van der Waals surface area (Å²) >= 11 is 6.10. The maximum absolute atomic E-state index is 12.5. The zero-order chi connectivity index (χ0) is 15.6. The summed E-state index contributed by atoms with van der Waals surface area (Å²) in [6, 6.07) is 6.93. The van der Waals surface area contributed by atoms with Gasteiger partial charge in [0.1, 0.15) is 0 Å². The van der Waals surface area contributed by atoms with Gasteiger partial charge in [0, 0.05) is 31.2 Å². The Bertz CT molecular complexity index is 549. The van der Waals surface area contributed by atoms with Gasteiger partial charge in [-0.3, -0.25) is 4.79 Å². The molecule has 1 aliphatic heterocycles. The van der Waals surface area contributed by atoms with E-state index in [1.54, 1.807) is 29.8 Å². The van der Waals surface area contributed by atoms with Gasteiger partial charge in [-0.25, -0.2) is 4.79 Å². The number of halogens is 1. The van der Waals surface area contributed by atoms with E-state index in [1.807, 2.05) is 18.2 Å². The molecule has 1 aromatic carbocycles. The molecule has 0 bridgehead atoms. The van der Waals surface area contributed by atoms with E-state index in [4.69, 9.17) is 16.7 Å². The summed E-state index contributed by atoms with van der Waals surface area (Å²) in [6.07, 6.45) is 0.502. The van der Waals surface area contributed by atoms with Crippen molar-refractivity contribution < 1.29 is 14.7 Å². The van der Waals surface area contributed by atoms with Crippen LogP contribution in [0.1, 0.15) is 18.9 Å². The van der Waals surface area contributed by atoms with Gasteiger partial charge < -0.3 is 14.9 Å². The largest absolute Gasteiger partial charge is 0.481 e. The van der Waals surface area contributed by atoms with Gasteiger partial charge >= 0.3 is 12.0 Å². The number of hydrogen-bond acceptors (Lipinski definition) is 2. The Morgan fingerprint density at radius 3 is 2.67 bits per heavy atom. The SMILES string of the molecule is CC1C(C(=O)O)CCN1C(=O)N(C)Cc1ccccc1Cl. The minimum Gasteiger partial charge on any atom is -0.481 e. The van der Waals surface area contributed by atoms with Crippen molar-refractivity contribution in [2.24, 2.45) is 5.92 Å². The molecule has 1 saturated heterocycles. The minimum atomic E-state index is -0.841. The van der Waals surface area contributed by atoms with Crippen molar-refractivity contribution in [3.63, 3.8) is 0 Å². The van der Waals surface area contributed by atoms with Crippen LogP contribution in [0.2, 0.25) is 5.02 Å². The van der Waals surface area contributed by atoms with Gasteiger partial charge in [0.05, 0.1) is 5.92 Å². The molecular formula is C15H19ClN2O3. The fraction of sp³-hybridized carbons (Fsp3) is 0.467. The lowest BCUT2D eigenvalue weighted by Crippen LogP contribution is -2.44. The molecule has 21 heavy (non-hydrogen) atoms. The van der Waals surface area contributed by atoms with E-state index >= 15 is 0 Å². The van der Waals surface area contributed by atoms with Crippen LogP contribution in [0.4, 0.5) is 4.79 Å². The smallest absolute Gasteiger partial charge is 0.320 e. The molecule has 2 atom stereocenters. The molecule has 6 heteroatoms. The van der Waals surface area contributed by atoms with Crippen LogP contribution < -0.4 is 0 Å². The highest BCUT2D eigenvalue weighted by atomic mass is 35.5. The Labute approximate surface area is 129 Å². The Morgan fingerprint density at radius 1 is 1.43 bits per heavy atom. The summed E-state index contributed by atoms with van der Waals surface area (Å²) in [5.41, 5.74) is 0.872. The number of hydrogen-bond donors (Lipinski definition) is 1. The van der Waals surface area contributed by atoms with Crippen LogP contribution >= 0.6 is 11.6 Å². The van der Waals surface area contributed by atoms with Crippen molar-refractivity contribution in [2.45, 2.75) is 25.9 Å². The summed E-state index contributed by atoms with van der Waals surface area (Å²) in [5.74, 6) is -1.32. The second-order valence-corrected chi connectivity index (χ2v) is 5.80. The van der Waals surface area contributed by atoms with Crippen LogP contribution in [0.15, 0.2) is 24.3 Å². The zero-order valence-electron chi connectivity index (χ0n) is 12.1. The van der Waals surface area contributed by atoms with Crippen molar-refractivity contribution in [1.82, 2.24) is 9.80 Å². The number of rotatable bonds is 3. The summed E-state index contributed by atoms with van der Waals surface area (Å²) < 4.78 is 0. The molecule has 0 spiro atoms. The quantitative estimate of drug-likeness (QED) is 0.933. The molecule has 0 saturated carbocycles. The first-order chi connectivity index (χ1) is 9.91. The molecule has 0 aromatic heterocycles. The van der Waals surface area contributed by atoms with Crippen molar-refractivity contribution in [1.29, 1.82) is 0 Å². The molecule has 0 aliphatic carbocycles. The lowest BCUT2D eigenvalue weighted by Gasteiger charge is -2.29.